The number of halogens is 21. The third kappa shape index (κ3) is 8.26. The van der Waals surface area contributed by atoms with Crippen LogP contribution in [0.3, 0.4) is 0 Å². The van der Waals surface area contributed by atoms with Gasteiger partial charge in [0.2, 0.25) is 24.4 Å². The average Bonchev–Trinajstić information content (AvgIpc) is 2.74. The van der Waals surface area contributed by atoms with Crippen LogP contribution in [-0.4, -0.2) is 24.4 Å². The van der Waals surface area contributed by atoms with Gasteiger partial charge < -0.3 is 0 Å². The van der Waals surface area contributed by atoms with Gasteiger partial charge in [0.25, 0.3) is 0 Å². The van der Waals surface area contributed by atoms with Crippen LogP contribution >= 0.6 is 244 Å². The van der Waals surface area contributed by atoms with Crippen molar-refractivity contribution in [3.8, 4) is 0 Å². The highest BCUT2D eigenvalue weighted by atomic mass is 35.6. The van der Waals surface area contributed by atoms with Gasteiger partial charge in [-0.05, 0) is 40.3 Å². The van der Waals surface area contributed by atoms with Crippen LogP contribution in [0.15, 0.2) is 12.1 Å². The molecule has 1 aromatic rings. The summed E-state index contributed by atoms with van der Waals surface area (Å²) in [4.78, 5) is 0. The van der Waals surface area contributed by atoms with Crippen LogP contribution in [0.25, 0.3) is 0 Å². The van der Waals surface area contributed by atoms with E-state index >= 15 is 0 Å². The first-order chi connectivity index (χ1) is 17.6. The van der Waals surface area contributed by atoms with Gasteiger partial charge in [-0.2, -0.15) is 0 Å². The van der Waals surface area contributed by atoms with E-state index in [1.54, 1.807) is 0 Å². The van der Waals surface area contributed by atoms with Crippen molar-refractivity contribution in [2.45, 2.75) is 57.3 Å². The van der Waals surface area contributed by atoms with Gasteiger partial charge in [0.05, 0.1) is 0 Å². The maximum absolute atomic E-state index is 13.8. The van der Waals surface area contributed by atoms with Crippen LogP contribution in [0.2, 0.25) is 0 Å². The summed E-state index contributed by atoms with van der Waals surface area (Å²) in [5, 5.41) is 13.8. The second-order valence-electron chi connectivity index (χ2n) is 8.59. The Hall–Kier alpha value is 5.27. The molecule has 1 rings (SSSR count). The van der Waals surface area contributed by atoms with E-state index in [0.29, 0.717) is 0 Å². The number of alkyl halides is 21. The third-order valence-electron chi connectivity index (χ3n) is 5.36. The third-order valence-corrected chi connectivity index (χ3v) is 17.2. The molecule has 0 N–H and O–H groups in total. The van der Waals surface area contributed by atoms with Crippen LogP contribution in [0, 0.1) is 5.92 Å². The molecule has 41 heavy (non-hydrogen) atoms. The molecule has 1 aromatic carbocycles. The number of benzene rings is 1. The normalized spacial score (nSPS) is 16.4. The van der Waals surface area contributed by atoms with Crippen LogP contribution in [-0.2, 0) is 18.1 Å². The molecule has 0 aliphatic heterocycles. The minimum atomic E-state index is -2.77. The Labute approximate surface area is 341 Å². The second-order valence-corrected chi connectivity index (χ2v) is 23.4. The molecule has 239 valence electrons. The predicted octanol–water partition coefficient (Wildman–Crippen LogP) is 15.3. The fraction of sp³-hybridized carbons (Fsp3) is 0.684. The zero-order valence-corrected chi connectivity index (χ0v) is 35.0. The molecular weight excluding hydrogens is 989 g/mol. The smallest absolute Gasteiger partial charge is 0.226 e. The summed E-state index contributed by atoms with van der Waals surface area (Å²) < 4.78 is -24.3. The molecule has 22 heteroatoms. The zero-order chi connectivity index (χ0) is 33.4. The van der Waals surface area contributed by atoms with Crippen LogP contribution in [0.4, 0.5) is 0 Å². The SMILES string of the molecule is CC(C)C([O])c1c(C(Cl)(Cl)C(Cl)(Cl)C(Cl)(Cl)Cl)cc(C(Cl)(Cl)C(Cl)(Cl)C(Cl)(Cl)Cl)cc1C(Cl)(Cl)C(Cl)(Cl)C(Cl)(Cl)Cl. The van der Waals surface area contributed by atoms with Crippen molar-refractivity contribution in [3.05, 3.63) is 34.4 Å². The molecule has 0 bridgehead atoms. The molecule has 0 aromatic heterocycles. The van der Waals surface area contributed by atoms with E-state index in [2.05, 4.69) is 0 Å². The molecule has 1 unspecified atom stereocenters. The van der Waals surface area contributed by atoms with Gasteiger partial charge in [-0.1, -0.05) is 257 Å². The van der Waals surface area contributed by atoms with Gasteiger partial charge >= 0.3 is 0 Å². The lowest BCUT2D eigenvalue weighted by Gasteiger charge is -2.44. The van der Waals surface area contributed by atoms with E-state index in [1.165, 1.54) is 13.8 Å². The second kappa shape index (κ2) is 14.1. The van der Waals surface area contributed by atoms with Crippen molar-refractivity contribution < 1.29 is 5.11 Å². The van der Waals surface area contributed by atoms with Gasteiger partial charge in [0, 0.05) is 0 Å². The van der Waals surface area contributed by atoms with E-state index in [9.17, 15) is 5.11 Å². The minimum Gasteiger partial charge on any atom is -0.228 e. The molecule has 0 amide bonds. The van der Waals surface area contributed by atoms with Gasteiger partial charge in [-0.15, -0.1) is 0 Å². The highest BCUT2D eigenvalue weighted by molar-refractivity contribution is 6.80. The summed E-state index contributed by atoms with van der Waals surface area (Å²) in [6.45, 7) is 3.00. The van der Waals surface area contributed by atoms with Crippen molar-refractivity contribution in [2.24, 2.45) is 5.92 Å². The quantitative estimate of drug-likeness (QED) is 0.231. The van der Waals surface area contributed by atoms with E-state index < -0.39 is 71.7 Å². The van der Waals surface area contributed by atoms with Gasteiger partial charge in [0.1, 0.15) is 6.10 Å². The van der Waals surface area contributed by atoms with Crippen molar-refractivity contribution in [2.75, 3.05) is 0 Å². The molecule has 0 aliphatic rings. The lowest BCUT2D eigenvalue weighted by molar-refractivity contribution is 0.0468. The lowest BCUT2D eigenvalue weighted by Crippen LogP contribution is -2.49. The Bertz CT molecular complexity index is 1050. The lowest BCUT2D eigenvalue weighted by atomic mass is 9.84. The van der Waals surface area contributed by atoms with Crippen LogP contribution in [0.1, 0.15) is 42.2 Å². The monoisotopic (exact) mass is 988 g/mol. The highest BCUT2D eigenvalue weighted by Crippen LogP contribution is 2.67. The summed E-state index contributed by atoms with van der Waals surface area (Å²) in [6.07, 6.45) is -1.85. The average molecular weight is 999 g/mol. The van der Waals surface area contributed by atoms with Crippen molar-refractivity contribution >= 4 is 244 Å². The van der Waals surface area contributed by atoms with Crippen LogP contribution in [0.5, 0.6) is 0 Å². The molecule has 0 aliphatic carbocycles. The number of rotatable bonds is 8. The molecule has 0 saturated heterocycles. The zero-order valence-electron chi connectivity index (χ0n) is 19.2. The first-order valence-electron chi connectivity index (χ1n) is 9.89. The van der Waals surface area contributed by atoms with E-state index in [1.807, 2.05) is 0 Å². The summed E-state index contributed by atoms with van der Waals surface area (Å²) in [5.41, 5.74) is -2.04. The molecule has 1 nitrogen and oxygen atoms in total. The maximum atomic E-state index is 13.8. The summed E-state index contributed by atoms with van der Waals surface area (Å²) in [7, 11) is 0. The summed E-state index contributed by atoms with van der Waals surface area (Å²) in [6, 6.07) is 1.92. The number of hydrogen-bond donors (Lipinski definition) is 0. The first-order valence-corrected chi connectivity index (χ1v) is 17.8. The Balaban J connectivity index is 4.68. The standard InChI is InChI=1S/C19H10Cl21O/c1-5(2)10(41)9-7(12(22,23)15(28,29)18(35,36)37)3-6(11(20,21)14(26,27)17(32,33)34)4-8(9)13(24,25)16(30,31)19(38,39)40/h3-5,10H,1-2H3. The van der Waals surface area contributed by atoms with Gasteiger partial charge in [-0.25, -0.2) is 5.11 Å². The van der Waals surface area contributed by atoms with Crippen LogP contribution < -0.4 is 0 Å². The molecule has 0 saturated carbocycles. The molecule has 0 spiro atoms. The van der Waals surface area contributed by atoms with Crippen molar-refractivity contribution in [1.29, 1.82) is 0 Å². The Morgan fingerprint density at radius 3 is 0.927 bits per heavy atom. The highest BCUT2D eigenvalue weighted by Gasteiger charge is 2.66. The Morgan fingerprint density at radius 2 is 0.707 bits per heavy atom. The minimum absolute atomic E-state index is 0.458. The van der Waals surface area contributed by atoms with E-state index in [4.69, 9.17) is 244 Å². The van der Waals surface area contributed by atoms with Crippen molar-refractivity contribution in [3.63, 3.8) is 0 Å². The number of hydrogen-bond acceptors (Lipinski definition) is 0. The predicted molar refractivity (Wildman–Crippen MR) is 189 cm³/mol. The molecular formula is C19H10Cl21O. The molecule has 1 atom stereocenters. The maximum Gasteiger partial charge on any atom is 0.226 e. The largest absolute Gasteiger partial charge is 0.228 e. The first kappa shape index (κ1) is 44.3. The van der Waals surface area contributed by atoms with E-state index in [-0.39, 0.29) is 0 Å². The fourth-order valence-corrected chi connectivity index (χ4v) is 7.51. The molecule has 0 heterocycles. The molecule has 1 radical (unpaired) electrons. The van der Waals surface area contributed by atoms with Crippen molar-refractivity contribution in [1.82, 2.24) is 0 Å². The summed E-state index contributed by atoms with van der Waals surface area (Å²) >= 11 is 132. The Kier molecular flexibility index (Phi) is 15.3. The van der Waals surface area contributed by atoms with Gasteiger partial charge in [-0.3, -0.25) is 0 Å². The Morgan fingerprint density at radius 1 is 0.463 bits per heavy atom. The molecule has 0 fully saturated rings. The van der Waals surface area contributed by atoms with Gasteiger partial charge in [0.15, 0.2) is 13.0 Å². The fourth-order valence-electron chi connectivity index (χ4n) is 3.05. The summed E-state index contributed by atoms with van der Waals surface area (Å²) in [5.74, 6) is -0.787. The topological polar surface area (TPSA) is 19.9 Å². The van der Waals surface area contributed by atoms with E-state index in [0.717, 1.165) is 12.1 Å².